The van der Waals surface area contributed by atoms with Crippen LogP contribution in [0.2, 0.25) is 0 Å². The summed E-state index contributed by atoms with van der Waals surface area (Å²) in [5.74, 6) is -1.29. The molecule has 0 fully saturated rings. The van der Waals surface area contributed by atoms with E-state index in [1.54, 1.807) is 12.1 Å². The van der Waals surface area contributed by atoms with Crippen LogP contribution in [0.4, 0.5) is 10.1 Å². The first kappa shape index (κ1) is 21.0. The van der Waals surface area contributed by atoms with Crippen LogP contribution in [-0.2, 0) is 27.8 Å². The molecule has 1 N–H and O–H groups in total. The molecule has 0 aliphatic carbocycles. The second kappa shape index (κ2) is 8.44. The predicted molar refractivity (Wildman–Crippen MR) is 121 cm³/mol. The molecule has 0 unspecified atom stereocenters. The highest BCUT2D eigenvalue weighted by atomic mass is 127. The quantitative estimate of drug-likeness (QED) is 0.509. The molecule has 0 bridgehead atoms. The van der Waals surface area contributed by atoms with E-state index in [9.17, 15) is 17.6 Å². The summed E-state index contributed by atoms with van der Waals surface area (Å²) < 4.78 is 43.1. The Morgan fingerprint density at radius 1 is 0.967 bits per heavy atom. The molecular formula is C22H18FIN2O3S. The van der Waals surface area contributed by atoms with E-state index in [-0.39, 0.29) is 13.0 Å². The van der Waals surface area contributed by atoms with Crippen LogP contribution in [0.15, 0.2) is 77.7 Å². The lowest BCUT2D eigenvalue weighted by Crippen LogP contribution is -2.50. The van der Waals surface area contributed by atoms with Crippen LogP contribution in [-0.4, -0.2) is 24.7 Å². The second-order valence-corrected chi connectivity index (χ2v) is 10.1. The molecule has 8 heteroatoms. The summed E-state index contributed by atoms with van der Waals surface area (Å²) in [6.07, 6.45) is 0.208. The molecule has 0 aromatic heterocycles. The molecule has 0 radical (unpaired) electrons. The summed E-state index contributed by atoms with van der Waals surface area (Å²) in [5, 5.41) is 2.80. The van der Waals surface area contributed by atoms with Crippen molar-refractivity contribution in [3.63, 3.8) is 0 Å². The maximum absolute atomic E-state index is 14.3. The Morgan fingerprint density at radius 3 is 2.30 bits per heavy atom. The van der Waals surface area contributed by atoms with Crippen molar-refractivity contribution in [3.8, 4) is 0 Å². The molecule has 0 saturated carbocycles. The Balaban J connectivity index is 1.73. The first-order valence-corrected chi connectivity index (χ1v) is 11.8. The summed E-state index contributed by atoms with van der Waals surface area (Å²) in [7, 11) is -4.23. The predicted octanol–water partition coefficient (Wildman–Crippen LogP) is 4.18. The maximum Gasteiger partial charge on any atom is 0.247 e. The fraction of sp³-hybridized carbons (Fsp3) is 0.136. The fourth-order valence-corrected chi connectivity index (χ4v) is 5.51. The van der Waals surface area contributed by atoms with Gasteiger partial charge in [-0.2, -0.15) is 4.31 Å². The van der Waals surface area contributed by atoms with E-state index in [0.717, 1.165) is 25.1 Å². The van der Waals surface area contributed by atoms with Gasteiger partial charge in [-0.3, -0.25) is 4.79 Å². The topological polar surface area (TPSA) is 66.5 Å². The van der Waals surface area contributed by atoms with E-state index < -0.39 is 32.7 Å². The number of sulfonamides is 1. The molecule has 3 aromatic carbocycles. The van der Waals surface area contributed by atoms with E-state index in [4.69, 9.17) is 0 Å². The number of hydrogen-bond donors (Lipinski definition) is 1. The smallest absolute Gasteiger partial charge is 0.247 e. The summed E-state index contributed by atoms with van der Waals surface area (Å²) >= 11 is 2.16. The number of benzene rings is 3. The molecule has 1 heterocycles. The molecule has 1 aliphatic rings. The van der Waals surface area contributed by atoms with Gasteiger partial charge in [0.1, 0.15) is 16.8 Å². The minimum atomic E-state index is -4.23. The third kappa shape index (κ3) is 4.12. The maximum atomic E-state index is 14.3. The van der Waals surface area contributed by atoms with E-state index in [1.165, 1.54) is 18.2 Å². The zero-order valence-electron chi connectivity index (χ0n) is 15.8. The molecular weight excluding hydrogens is 518 g/mol. The monoisotopic (exact) mass is 536 g/mol. The van der Waals surface area contributed by atoms with E-state index >= 15 is 0 Å². The average molecular weight is 536 g/mol. The van der Waals surface area contributed by atoms with Gasteiger partial charge in [-0.25, -0.2) is 12.8 Å². The van der Waals surface area contributed by atoms with E-state index in [1.807, 2.05) is 36.4 Å². The number of carbonyl (C=O) groups excluding carboxylic acids is 1. The van der Waals surface area contributed by atoms with Crippen LogP contribution < -0.4 is 5.32 Å². The standard InChI is InChI=1S/C22H18FIN2O3S/c23-19-7-3-4-8-21(19)30(28,29)26-14-16-6-2-1-5-15(16)13-20(26)22(27)25-18-11-9-17(24)10-12-18/h1-12,20H,13-14H2,(H,25,27)/t20-/m0/s1. The van der Waals surface area contributed by atoms with Crippen molar-refractivity contribution in [3.05, 3.63) is 93.3 Å². The molecule has 1 aliphatic heterocycles. The molecule has 1 amide bonds. The normalized spacial score (nSPS) is 16.7. The van der Waals surface area contributed by atoms with Crippen molar-refractivity contribution in [1.82, 2.24) is 4.31 Å². The molecule has 4 rings (SSSR count). The molecule has 1 atom stereocenters. The highest BCUT2D eigenvalue weighted by molar-refractivity contribution is 14.1. The van der Waals surface area contributed by atoms with Gasteiger partial charge in [-0.05, 0) is 76.5 Å². The Hall–Kier alpha value is -2.30. The molecule has 0 spiro atoms. The highest BCUT2D eigenvalue weighted by Crippen LogP contribution is 2.30. The van der Waals surface area contributed by atoms with Gasteiger partial charge in [0.2, 0.25) is 15.9 Å². The number of hydrogen-bond acceptors (Lipinski definition) is 3. The first-order chi connectivity index (χ1) is 14.4. The number of nitrogens with one attached hydrogen (secondary N) is 1. The average Bonchev–Trinajstić information content (AvgIpc) is 2.74. The van der Waals surface area contributed by atoms with Crippen LogP contribution in [0, 0.1) is 9.39 Å². The van der Waals surface area contributed by atoms with Crippen molar-refractivity contribution in [2.75, 3.05) is 5.32 Å². The van der Waals surface area contributed by atoms with Gasteiger partial charge < -0.3 is 5.32 Å². The molecule has 5 nitrogen and oxygen atoms in total. The summed E-state index contributed by atoms with van der Waals surface area (Å²) in [5.41, 5.74) is 2.28. The number of nitrogens with zero attached hydrogens (tertiary/aromatic N) is 1. The van der Waals surface area contributed by atoms with Crippen LogP contribution in [0.1, 0.15) is 11.1 Å². The Morgan fingerprint density at radius 2 is 1.60 bits per heavy atom. The second-order valence-electron chi connectivity index (χ2n) is 6.97. The lowest BCUT2D eigenvalue weighted by molar-refractivity contribution is -0.120. The summed E-state index contributed by atoms with van der Waals surface area (Å²) in [6.45, 7) is -0.00237. The number of fused-ring (bicyclic) bond motifs is 1. The molecule has 30 heavy (non-hydrogen) atoms. The zero-order valence-corrected chi connectivity index (χ0v) is 18.7. The minimum Gasteiger partial charge on any atom is -0.325 e. The largest absolute Gasteiger partial charge is 0.325 e. The minimum absolute atomic E-state index is 0.00237. The van der Waals surface area contributed by atoms with Crippen LogP contribution >= 0.6 is 22.6 Å². The Kier molecular flexibility index (Phi) is 5.90. The van der Waals surface area contributed by atoms with Gasteiger partial charge in [-0.15, -0.1) is 0 Å². The van der Waals surface area contributed by atoms with Crippen molar-refractivity contribution < 1.29 is 17.6 Å². The number of halogens is 2. The van der Waals surface area contributed by atoms with Gasteiger partial charge in [0.15, 0.2) is 0 Å². The van der Waals surface area contributed by atoms with Crippen molar-refractivity contribution in [1.29, 1.82) is 0 Å². The van der Waals surface area contributed by atoms with Crippen LogP contribution in [0.25, 0.3) is 0 Å². The third-order valence-electron chi connectivity index (χ3n) is 5.04. The highest BCUT2D eigenvalue weighted by Gasteiger charge is 2.40. The van der Waals surface area contributed by atoms with Gasteiger partial charge in [0, 0.05) is 15.8 Å². The first-order valence-electron chi connectivity index (χ1n) is 9.26. The molecule has 154 valence electrons. The van der Waals surface area contributed by atoms with Crippen LogP contribution in [0.5, 0.6) is 0 Å². The van der Waals surface area contributed by atoms with E-state index in [2.05, 4.69) is 27.9 Å². The number of carbonyl (C=O) groups is 1. The number of anilines is 1. The van der Waals surface area contributed by atoms with Crippen molar-refractivity contribution in [2.45, 2.75) is 23.9 Å². The van der Waals surface area contributed by atoms with E-state index in [0.29, 0.717) is 5.69 Å². The van der Waals surface area contributed by atoms with Gasteiger partial charge in [0.05, 0.1) is 0 Å². The van der Waals surface area contributed by atoms with Gasteiger partial charge in [-0.1, -0.05) is 36.4 Å². The fourth-order valence-electron chi connectivity index (χ4n) is 3.51. The lowest BCUT2D eigenvalue weighted by atomic mass is 9.95. The molecule has 3 aromatic rings. The van der Waals surface area contributed by atoms with Crippen LogP contribution in [0.3, 0.4) is 0 Å². The Labute approximate surface area is 188 Å². The zero-order chi connectivity index (χ0) is 21.3. The SMILES string of the molecule is O=C(Nc1ccc(I)cc1)[C@@H]1Cc2ccccc2CN1S(=O)(=O)c1ccccc1F. The van der Waals surface area contributed by atoms with Gasteiger partial charge >= 0.3 is 0 Å². The van der Waals surface area contributed by atoms with Gasteiger partial charge in [0.25, 0.3) is 0 Å². The third-order valence-corrected chi connectivity index (χ3v) is 7.65. The Bertz CT molecular complexity index is 1200. The summed E-state index contributed by atoms with van der Waals surface area (Å²) in [6, 6.07) is 18.8. The van der Waals surface area contributed by atoms with Crippen molar-refractivity contribution >= 4 is 44.2 Å². The summed E-state index contributed by atoms with van der Waals surface area (Å²) in [4.78, 5) is 12.7. The lowest BCUT2D eigenvalue weighted by Gasteiger charge is -2.35. The molecule has 0 saturated heterocycles. The van der Waals surface area contributed by atoms with Crippen molar-refractivity contribution in [2.24, 2.45) is 0 Å². The number of rotatable bonds is 4. The number of amides is 1.